The summed E-state index contributed by atoms with van der Waals surface area (Å²) >= 11 is 0. The van der Waals surface area contributed by atoms with Crippen LogP contribution in [-0.4, -0.2) is 23.5 Å². The molecule has 0 saturated carbocycles. The van der Waals surface area contributed by atoms with Crippen molar-refractivity contribution in [3.05, 3.63) is 35.5 Å². The molecule has 2 aromatic rings. The van der Waals surface area contributed by atoms with E-state index < -0.39 is 17.9 Å². The van der Waals surface area contributed by atoms with Gasteiger partial charge in [0, 0.05) is 11.1 Å². The predicted octanol–water partition coefficient (Wildman–Crippen LogP) is 2.87. The first-order valence-corrected chi connectivity index (χ1v) is 5.19. The molecule has 0 unspecified atom stereocenters. The van der Waals surface area contributed by atoms with Gasteiger partial charge < -0.3 is 9.36 Å². The number of benzene rings is 1. The van der Waals surface area contributed by atoms with Crippen LogP contribution >= 0.6 is 0 Å². The van der Waals surface area contributed by atoms with Crippen molar-refractivity contribution in [2.45, 2.75) is 6.18 Å². The van der Waals surface area contributed by atoms with E-state index in [1.165, 1.54) is 19.2 Å². The van der Waals surface area contributed by atoms with E-state index in [1.807, 2.05) is 0 Å². The van der Waals surface area contributed by atoms with Crippen LogP contribution in [0.1, 0.15) is 11.5 Å². The molecule has 0 N–H and O–H groups in total. The van der Waals surface area contributed by atoms with Crippen molar-refractivity contribution in [1.29, 1.82) is 0 Å². The van der Waals surface area contributed by atoms with Crippen LogP contribution in [0.2, 0.25) is 0 Å². The topological polar surface area (TPSA) is 60.5 Å². The summed E-state index contributed by atoms with van der Waals surface area (Å²) in [5.74, 6) is -2.55. The second-order valence-corrected chi connectivity index (χ2v) is 3.57. The lowest BCUT2D eigenvalue weighted by molar-refractivity contribution is -0.159. The quantitative estimate of drug-likeness (QED) is 0.495. The van der Waals surface area contributed by atoms with E-state index in [-0.39, 0.29) is 17.0 Å². The number of aromatic nitrogens is 2. The first-order valence-electron chi connectivity index (χ1n) is 5.19. The van der Waals surface area contributed by atoms with Crippen molar-refractivity contribution in [2.24, 2.45) is 5.16 Å². The predicted molar refractivity (Wildman–Crippen MR) is 59.3 cm³/mol. The van der Waals surface area contributed by atoms with Crippen LogP contribution in [0.25, 0.3) is 11.4 Å². The van der Waals surface area contributed by atoms with Gasteiger partial charge in [0.25, 0.3) is 0 Å². The van der Waals surface area contributed by atoms with Crippen LogP contribution < -0.4 is 0 Å². The van der Waals surface area contributed by atoms with Crippen molar-refractivity contribution in [2.75, 3.05) is 7.11 Å². The Balaban J connectivity index is 2.32. The van der Waals surface area contributed by atoms with Gasteiger partial charge in [-0.3, -0.25) is 0 Å². The van der Waals surface area contributed by atoms with Crippen molar-refractivity contribution in [3.8, 4) is 11.4 Å². The molecule has 0 atom stereocenters. The average Bonchev–Trinajstić information content (AvgIpc) is 2.86. The molecule has 0 aliphatic carbocycles. The van der Waals surface area contributed by atoms with Crippen molar-refractivity contribution in [3.63, 3.8) is 0 Å². The zero-order valence-electron chi connectivity index (χ0n) is 9.98. The van der Waals surface area contributed by atoms with Gasteiger partial charge in [0.15, 0.2) is 0 Å². The molecule has 1 aromatic carbocycles. The fourth-order valence-electron chi connectivity index (χ4n) is 1.34. The Morgan fingerprint density at radius 1 is 1.35 bits per heavy atom. The number of hydrogen-bond donors (Lipinski definition) is 0. The summed E-state index contributed by atoms with van der Waals surface area (Å²) in [5, 5.41) is 6.53. The van der Waals surface area contributed by atoms with Gasteiger partial charge >= 0.3 is 12.1 Å². The van der Waals surface area contributed by atoms with Crippen LogP contribution in [-0.2, 0) is 11.0 Å². The van der Waals surface area contributed by atoms with Crippen LogP contribution in [0.5, 0.6) is 0 Å². The molecule has 0 fully saturated rings. The van der Waals surface area contributed by atoms with Crippen molar-refractivity contribution in [1.82, 2.24) is 10.1 Å². The normalized spacial score (nSPS) is 12.1. The number of rotatable bonds is 3. The van der Waals surface area contributed by atoms with Gasteiger partial charge in [-0.05, 0) is 12.1 Å². The lowest BCUT2D eigenvalue weighted by Crippen LogP contribution is -2.04. The lowest BCUT2D eigenvalue weighted by Gasteiger charge is -1.99. The van der Waals surface area contributed by atoms with Gasteiger partial charge in [-0.25, -0.2) is 4.39 Å². The molecule has 2 rings (SSSR count). The summed E-state index contributed by atoms with van der Waals surface area (Å²) in [6.45, 7) is 0. The van der Waals surface area contributed by atoms with E-state index >= 15 is 0 Å². The molecule has 106 valence electrons. The fraction of sp³-hybridized carbons (Fsp3) is 0.182. The maximum absolute atomic E-state index is 13.6. The molecule has 0 saturated heterocycles. The third-order valence-electron chi connectivity index (χ3n) is 2.22. The highest BCUT2D eigenvalue weighted by Gasteiger charge is 2.38. The molecule has 0 amide bonds. The lowest BCUT2D eigenvalue weighted by atomic mass is 10.1. The minimum absolute atomic E-state index is 0.0521. The van der Waals surface area contributed by atoms with E-state index in [1.54, 1.807) is 0 Å². The Hall–Kier alpha value is -2.45. The number of halogens is 4. The van der Waals surface area contributed by atoms with Gasteiger partial charge in [-0.15, -0.1) is 0 Å². The molecule has 5 nitrogen and oxygen atoms in total. The van der Waals surface area contributed by atoms with E-state index in [0.29, 0.717) is 0 Å². The Labute approximate surface area is 109 Å². The van der Waals surface area contributed by atoms with Gasteiger partial charge in [-0.2, -0.15) is 18.2 Å². The average molecular weight is 289 g/mol. The minimum atomic E-state index is -4.74. The molecule has 20 heavy (non-hydrogen) atoms. The maximum atomic E-state index is 13.6. The molecule has 1 heterocycles. The monoisotopic (exact) mass is 289 g/mol. The standard InChI is InChI=1S/C11H7F4N3O2/c1-19-16-5-7-3-2-6(4-8(7)12)9-17-10(20-18-9)11(13,14)15/h2-5H,1H3/b16-5-. The van der Waals surface area contributed by atoms with Gasteiger partial charge in [0.2, 0.25) is 5.82 Å². The number of nitrogens with zero attached hydrogens (tertiary/aromatic N) is 3. The molecule has 9 heteroatoms. The zero-order valence-corrected chi connectivity index (χ0v) is 9.98. The highest BCUT2D eigenvalue weighted by molar-refractivity contribution is 5.80. The summed E-state index contributed by atoms with van der Waals surface area (Å²) in [5.41, 5.74) is 0.159. The van der Waals surface area contributed by atoms with Gasteiger partial charge in [0.05, 0.1) is 6.21 Å². The van der Waals surface area contributed by atoms with Crippen LogP contribution in [0.3, 0.4) is 0 Å². The van der Waals surface area contributed by atoms with Crippen LogP contribution in [0.4, 0.5) is 17.6 Å². The maximum Gasteiger partial charge on any atom is 0.471 e. The Bertz CT molecular complexity index is 637. The van der Waals surface area contributed by atoms with Gasteiger partial charge in [-0.1, -0.05) is 16.4 Å². The number of oxime groups is 1. The second-order valence-electron chi connectivity index (χ2n) is 3.57. The third-order valence-corrected chi connectivity index (χ3v) is 2.22. The van der Waals surface area contributed by atoms with Crippen LogP contribution in [0.15, 0.2) is 27.9 Å². The fourth-order valence-corrected chi connectivity index (χ4v) is 1.34. The van der Waals surface area contributed by atoms with Crippen molar-refractivity contribution < 1.29 is 26.9 Å². The summed E-state index contributed by atoms with van der Waals surface area (Å²) in [4.78, 5) is 7.55. The summed E-state index contributed by atoms with van der Waals surface area (Å²) in [7, 11) is 1.29. The first-order chi connectivity index (χ1) is 9.41. The molecule has 0 radical (unpaired) electrons. The summed E-state index contributed by atoms with van der Waals surface area (Å²) < 4.78 is 54.6. The first kappa shape index (κ1) is 14.0. The zero-order chi connectivity index (χ0) is 14.8. The third kappa shape index (κ3) is 2.92. The van der Waals surface area contributed by atoms with E-state index in [2.05, 4.69) is 24.7 Å². The Kier molecular flexibility index (Phi) is 3.68. The van der Waals surface area contributed by atoms with E-state index in [0.717, 1.165) is 12.3 Å². The summed E-state index contributed by atoms with van der Waals surface area (Å²) in [6, 6.07) is 3.62. The van der Waals surface area contributed by atoms with Gasteiger partial charge in [0.1, 0.15) is 12.9 Å². The Morgan fingerprint density at radius 2 is 2.10 bits per heavy atom. The van der Waals surface area contributed by atoms with Crippen molar-refractivity contribution >= 4 is 6.21 Å². The Morgan fingerprint density at radius 3 is 2.65 bits per heavy atom. The van der Waals surface area contributed by atoms with E-state index in [9.17, 15) is 17.6 Å². The SMILES string of the molecule is CO/N=C\c1ccc(-c2noc(C(F)(F)F)n2)cc1F. The molecule has 0 spiro atoms. The molecule has 0 aliphatic rings. The summed E-state index contributed by atoms with van der Waals surface area (Å²) in [6.07, 6.45) is -3.62. The number of alkyl halides is 3. The second kappa shape index (κ2) is 5.27. The number of hydrogen-bond acceptors (Lipinski definition) is 5. The minimum Gasteiger partial charge on any atom is -0.399 e. The molecular formula is C11H7F4N3O2. The molecular weight excluding hydrogens is 282 g/mol. The largest absolute Gasteiger partial charge is 0.471 e. The molecule has 0 aliphatic heterocycles. The highest BCUT2D eigenvalue weighted by Crippen LogP contribution is 2.29. The van der Waals surface area contributed by atoms with Crippen LogP contribution in [0, 0.1) is 5.82 Å². The highest BCUT2D eigenvalue weighted by atomic mass is 19.4. The van der Waals surface area contributed by atoms with E-state index in [4.69, 9.17) is 0 Å². The smallest absolute Gasteiger partial charge is 0.399 e. The molecule has 1 aromatic heterocycles. The molecule has 0 bridgehead atoms.